The molecule has 0 radical (unpaired) electrons. The zero-order valence-electron chi connectivity index (χ0n) is 13.6. The Kier molecular flexibility index (Phi) is 4.93. The fraction of sp³-hybridized carbons (Fsp3) is 0.150. The number of nitrogens with one attached hydrogen (secondary N) is 1. The van der Waals surface area contributed by atoms with Crippen molar-refractivity contribution in [1.29, 1.82) is 0 Å². The second kappa shape index (κ2) is 7.30. The Morgan fingerprint density at radius 3 is 2.48 bits per heavy atom. The molecule has 1 atom stereocenters. The molecule has 5 heteroatoms. The molecule has 0 heterocycles. The summed E-state index contributed by atoms with van der Waals surface area (Å²) in [4.78, 5) is 12.4. The van der Waals surface area contributed by atoms with Gasteiger partial charge in [-0.1, -0.05) is 42.5 Å². The summed E-state index contributed by atoms with van der Waals surface area (Å²) in [6, 6.07) is 19.5. The number of carbonyl (C=O) groups is 1. The molecule has 0 aromatic heterocycles. The van der Waals surface area contributed by atoms with Crippen LogP contribution in [0, 0.1) is 0 Å². The number of amides is 1. The molecule has 1 amide bonds. The summed E-state index contributed by atoms with van der Waals surface area (Å²) in [6.07, 6.45) is 0. The minimum atomic E-state index is -2.92. The molecule has 0 saturated carbocycles. The van der Waals surface area contributed by atoms with Gasteiger partial charge in [-0.25, -0.2) is 0 Å². The molecular formula is C20H17F2NO2. The minimum absolute atomic E-state index is 0.0407. The summed E-state index contributed by atoms with van der Waals surface area (Å²) in [7, 11) is 0. The maximum absolute atomic E-state index is 12.4. The topological polar surface area (TPSA) is 38.3 Å². The van der Waals surface area contributed by atoms with Crippen LogP contribution in [0.4, 0.5) is 8.78 Å². The highest BCUT2D eigenvalue weighted by Crippen LogP contribution is 2.21. The highest BCUT2D eigenvalue weighted by atomic mass is 19.3. The molecule has 1 unspecified atom stereocenters. The van der Waals surface area contributed by atoms with E-state index >= 15 is 0 Å². The lowest BCUT2D eigenvalue weighted by Gasteiger charge is -2.15. The first-order valence-electron chi connectivity index (χ1n) is 7.87. The van der Waals surface area contributed by atoms with Crippen LogP contribution in [0.25, 0.3) is 10.8 Å². The van der Waals surface area contributed by atoms with Gasteiger partial charge < -0.3 is 10.1 Å². The van der Waals surface area contributed by atoms with Crippen LogP contribution >= 0.6 is 0 Å². The van der Waals surface area contributed by atoms with Crippen LogP contribution in [0.2, 0.25) is 0 Å². The highest BCUT2D eigenvalue weighted by molar-refractivity contribution is 5.95. The number of fused-ring (bicyclic) bond motifs is 1. The molecule has 3 aromatic carbocycles. The molecule has 3 aromatic rings. The van der Waals surface area contributed by atoms with Gasteiger partial charge in [-0.05, 0) is 47.5 Å². The average molecular weight is 341 g/mol. The average Bonchev–Trinajstić information content (AvgIpc) is 2.61. The zero-order chi connectivity index (χ0) is 17.8. The van der Waals surface area contributed by atoms with Crippen LogP contribution in [0.3, 0.4) is 0 Å². The van der Waals surface area contributed by atoms with Gasteiger partial charge in [-0.3, -0.25) is 4.79 Å². The fourth-order valence-electron chi connectivity index (χ4n) is 2.65. The Labute approximate surface area is 144 Å². The number of hydrogen-bond donors (Lipinski definition) is 1. The largest absolute Gasteiger partial charge is 0.435 e. The molecule has 3 nitrogen and oxygen atoms in total. The smallest absolute Gasteiger partial charge is 0.387 e. The number of ether oxygens (including phenoxy) is 1. The predicted octanol–water partition coefficient (Wildman–Crippen LogP) is 4.93. The summed E-state index contributed by atoms with van der Waals surface area (Å²) in [6.45, 7) is -1.04. The van der Waals surface area contributed by atoms with E-state index in [4.69, 9.17) is 0 Å². The van der Waals surface area contributed by atoms with E-state index in [-0.39, 0.29) is 23.3 Å². The van der Waals surface area contributed by atoms with E-state index in [1.165, 1.54) is 18.2 Å². The van der Waals surface area contributed by atoms with Crippen LogP contribution in [-0.2, 0) is 0 Å². The van der Waals surface area contributed by atoms with Crippen molar-refractivity contribution in [3.8, 4) is 5.75 Å². The van der Waals surface area contributed by atoms with Crippen molar-refractivity contribution in [1.82, 2.24) is 5.32 Å². The summed E-state index contributed by atoms with van der Waals surface area (Å²) in [5.74, 6) is -0.388. The Bertz CT molecular complexity index is 896. The second-order valence-corrected chi connectivity index (χ2v) is 5.71. The zero-order valence-corrected chi connectivity index (χ0v) is 13.6. The van der Waals surface area contributed by atoms with E-state index in [0.29, 0.717) is 0 Å². The van der Waals surface area contributed by atoms with Gasteiger partial charge in [0.25, 0.3) is 5.91 Å². The van der Waals surface area contributed by atoms with Gasteiger partial charge in [-0.2, -0.15) is 8.78 Å². The Hall–Kier alpha value is -2.95. The molecule has 128 valence electrons. The van der Waals surface area contributed by atoms with Crippen molar-refractivity contribution >= 4 is 16.7 Å². The first kappa shape index (κ1) is 16.9. The van der Waals surface area contributed by atoms with Gasteiger partial charge in [-0.15, -0.1) is 0 Å². The monoisotopic (exact) mass is 341 g/mol. The lowest BCUT2D eigenvalue weighted by molar-refractivity contribution is -0.0498. The van der Waals surface area contributed by atoms with E-state index < -0.39 is 6.61 Å². The number of halogens is 2. The van der Waals surface area contributed by atoms with Crippen molar-refractivity contribution < 1.29 is 18.3 Å². The first-order chi connectivity index (χ1) is 12.0. The second-order valence-electron chi connectivity index (χ2n) is 5.71. The molecule has 1 N–H and O–H groups in total. The van der Waals surface area contributed by atoms with Crippen LogP contribution in [0.15, 0.2) is 66.7 Å². The van der Waals surface area contributed by atoms with E-state index in [1.54, 1.807) is 6.07 Å². The van der Waals surface area contributed by atoms with Crippen LogP contribution < -0.4 is 10.1 Å². The summed E-state index contributed by atoms with van der Waals surface area (Å²) < 4.78 is 28.9. The van der Waals surface area contributed by atoms with E-state index in [1.807, 2.05) is 49.4 Å². The van der Waals surface area contributed by atoms with Crippen LogP contribution in [0.5, 0.6) is 5.75 Å². The quantitative estimate of drug-likeness (QED) is 0.714. The molecule has 0 aliphatic carbocycles. The van der Waals surface area contributed by atoms with Crippen molar-refractivity contribution in [2.75, 3.05) is 0 Å². The van der Waals surface area contributed by atoms with Gasteiger partial charge >= 0.3 is 6.61 Å². The Morgan fingerprint density at radius 2 is 1.72 bits per heavy atom. The van der Waals surface area contributed by atoms with Gasteiger partial charge in [0.05, 0.1) is 6.04 Å². The lowest BCUT2D eigenvalue weighted by Crippen LogP contribution is -2.26. The standard InChI is InChI=1S/C20H17F2NO2/c1-13(15-10-9-14-5-2-3-6-16(14)11-15)23-19(24)17-7-4-8-18(12-17)25-20(21)22/h2-13,20H,1H3,(H,23,24). The number of hydrogen-bond acceptors (Lipinski definition) is 2. The third-order valence-electron chi connectivity index (χ3n) is 3.94. The third kappa shape index (κ3) is 4.12. The molecule has 0 aliphatic rings. The Morgan fingerprint density at radius 1 is 0.960 bits per heavy atom. The third-order valence-corrected chi connectivity index (χ3v) is 3.94. The molecule has 0 aliphatic heterocycles. The normalized spacial score (nSPS) is 12.2. The van der Waals surface area contributed by atoms with E-state index in [0.717, 1.165) is 16.3 Å². The van der Waals surface area contributed by atoms with E-state index in [2.05, 4.69) is 10.1 Å². The molecule has 0 spiro atoms. The van der Waals surface area contributed by atoms with Crippen molar-refractivity contribution in [3.05, 3.63) is 77.9 Å². The number of carbonyl (C=O) groups excluding carboxylic acids is 1. The lowest BCUT2D eigenvalue weighted by atomic mass is 10.0. The number of benzene rings is 3. The van der Waals surface area contributed by atoms with Gasteiger partial charge in [0.2, 0.25) is 0 Å². The molecule has 3 rings (SSSR count). The summed E-state index contributed by atoms with van der Waals surface area (Å²) in [5.41, 5.74) is 1.23. The minimum Gasteiger partial charge on any atom is -0.435 e. The maximum atomic E-state index is 12.4. The van der Waals surface area contributed by atoms with E-state index in [9.17, 15) is 13.6 Å². The fourth-order valence-corrected chi connectivity index (χ4v) is 2.65. The summed E-state index contributed by atoms with van der Waals surface area (Å²) >= 11 is 0. The van der Waals surface area contributed by atoms with Gasteiger partial charge in [0.15, 0.2) is 0 Å². The SMILES string of the molecule is CC(NC(=O)c1cccc(OC(F)F)c1)c1ccc2ccccc2c1. The maximum Gasteiger partial charge on any atom is 0.387 e. The molecule has 0 fully saturated rings. The molecule has 0 saturated heterocycles. The van der Waals surface area contributed by atoms with Crippen molar-refractivity contribution in [2.45, 2.75) is 19.6 Å². The summed E-state index contributed by atoms with van der Waals surface area (Å²) in [5, 5.41) is 5.09. The van der Waals surface area contributed by atoms with Crippen molar-refractivity contribution in [2.24, 2.45) is 0 Å². The van der Waals surface area contributed by atoms with Crippen LogP contribution in [-0.4, -0.2) is 12.5 Å². The Balaban J connectivity index is 1.75. The van der Waals surface area contributed by atoms with Gasteiger partial charge in [0.1, 0.15) is 5.75 Å². The number of alkyl halides is 2. The van der Waals surface area contributed by atoms with Crippen LogP contribution in [0.1, 0.15) is 28.9 Å². The van der Waals surface area contributed by atoms with Gasteiger partial charge in [0, 0.05) is 5.56 Å². The first-order valence-corrected chi connectivity index (χ1v) is 7.87. The molecule has 0 bridgehead atoms. The predicted molar refractivity (Wildman–Crippen MR) is 92.9 cm³/mol. The molecular weight excluding hydrogens is 324 g/mol. The molecule has 25 heavy (non-hydrogen) atoms. The van der Waals surface area contributed by atoms with Crippen molar-refractivity contribution in [3.63, 3.8) is 0 Å². The highest BCUT2D eigenvalue weighted by Gasteiger charge is 2.13. The number of rotatable bonds is 5.